The quantitative estimate of drug-likeness (QED) is 0.373. The number of rotatable bonds is 8. The van der Waals surface area contributed by atoms with Gasteiger partial charge in [0.2, 0.25) is 0 Å². The van der Waals surface area contributed by atoms with Crippen molar-refractivity contribution in [1.82, 2.24) is 5.32 Å². The molecule has 0 aliphatic heterocycles. The van der Waals surface area contributed by atoms with E-state index in [-0.39, 0.29) is 22.2 Å². The average Bonchev–Trinajstić information content (AvgIpc) is 2.74. The molecule has 0 bridgehead atoms. The van der Waals surface area contributed by atoms with E-state index in [1.807, 2.05) is 18.2 Å². The van der Waals surface area contributed by atoms with Crippen molar-refractivity contribution >= 4 is 38.9 Å². The maximum Gasteiger partial charge on any atom is 0.273 e. The maximum absolute atomic E-state index is 12.6. The fourth-order valence-electron chi connectivity index (χ4n) is 2.97. The molecular weight excluding hydrogens is 454 g/mol. The highest BCUT2D eigenvalue weighted by Gasteiger charge is 2.20. The van der Waals surface area contributed by atoms with Crippen LogP contribution in [0.3, 0.4) is 0 Å². The minimum Gasteiger partial charge on any atom is -0.352 e. The number of hydrogen-bond acceptors (Lipinski definition) is 5. The topological polar surface area (TPSA) is 118 Å². The van der Waals surface area contributed by atoms with E-state index in [9.17, 15) is 23.3 Å². The van der Waals surface area contributed by atoms with Crippen LogP contribution in [0.1, 0.15) is 21.5 Å². The number of sulfonamides is 1. The Labute approximate surface area is 190 Å². The van der Waals surface area contributed by atoms with Crippen LogP contribution in [0.15, 0.2) is 71.6 Å². The smallest absolute Gasteiger partial charge is 0.273 e. The fourth-order valence-corrected chi connectivity index (χ4v) is 4.26. The SMILES string of the molecule is Cc1ccc(S(=O)(=O)Nc2ccc(C(=O)NCCc3cccc(Cl)c3)cc2)cc1[N+](=O)[O-]. The normalized spacial score (nSPS) is 11.1. The summed E-state index contributed by atoms with van der Waals surface area (Å²) < 4.78 is 27.5. The molecule has 0 radical (unpaired) electrons. The van der Waals surface area contributed by atoms with Gasteiger partial charge >= 0.3 is 0 Å². The Bertz CT molecular complexity index is 1260. The molecule has 0 heterocycles. The van der Waals surface area contributed by atoms with Crippen LogP contribution in [-0.2, 0) is 16.4 Å². The second kappa shape index (κ2) is 9.80. The lowest BCUT2D eigenvalue weighted by molar-refractivity contribution is -0.385. The largest absolute Gasteiger partial charge is 0.352 e. The Morgan fingerprint density at radius 1 is 1.06 bits per heavy atom. The number of carbonyl (C=O) groups is 1. The first-order valence-electron chi connectivity index (χ1n) is 9.56. The zero-order valence-corrected chi connectivity index (χ0v) is 18.6. The van der Waals surface area contributed by atoms with E-state index in [1.165, 1.54) is 43.3 Å². The summed E-state index contributed by atoms with van der Waals surface area (Å²) in [7, 11) is -4.03. The van der Waals surface area contributed by atoms with Crippen LogP contribution in [0.25, 0.3) is 0 Å². The summed E-state index contributed by atoms with van der Waals surface area (Å²) in [5, 5.41) is 14.5. The van der Waals surface area contributed by atoms with Crippen LogP contribution in [0.4, 0.5) is 11.4 Å². The molecule has 0 saturated carbocycles. The van der Waals surface area contributed by atoms with Gasteiger partial charge < -0.3 is 5.32 Å². The molecule has 0 fully saturated rings. The van der Waals surface area contributed by atoms with Crippen molar-refractivity contribution in [2.24, 2.45) is 0 Å². The average molecular weight is 474 g/mol. The van der Waals surface area contributed by atoms with Gasteiger partial charge in [-0.05, 0) is 61.4 Å². The van der Waals surface area contributed by atoms with Gasteiger partial charge in [-0.1, -0.05) is 29.8 Å². The van der Waals surface area contributed by atoms with Crippen LogP contribution in [-0.4, -0.2) is 25.8 Å². The van der Waals surface area contributed by atoms with Crippen LogP contribution < -0.4 is 10.0 Å². The minimum atomic E-state index is -4.03. The van der Waals surface area contributed by atoms with Crippen molar-refractivity contribution in [3.8, 4) is 0 Å². The number of anilines is 1. The highest BCUT2D eigenvalue weighted by atomic mass is 35.5. The van der Waals surface area contributed by atoms with Crippen molar-refractivity contribution in [2.75, 3.05) is 11.3 Å². The molecule has 8 nitrogen and oxygen atoms in total. The molecule has 166 valence electrons. The molecule has 0 aliphatic rings. The second-order valence-electron chi connectivity index (χ2n) is 7.02. The lowest BCUT2D eigenvalue weighted by Crippen LogP contribution is -2.25. The van der Waals surface area contributed by atoms with Crippen molar-refractivity contribution in [1.29, 1.82) is 0 Å². The molecule has 0 spiro atoms. The van der Waals surface area contributed by atoms with Crippen LogP contribution in [0.2, 0.25) is 5.02 Å². The monoisotopic (exact) mass is 473 g/mol. The number of nitro benzene ring substituents is 1. The van der Waals surface area contributed by atoms with Crippen molar-refractivity contribution < 1.29 is 18.1 Å². The van der Waals surface area contributed by atoms with Gasteiger partial charge in [-0.2, -0.15) is 0 Å². The number of nitro groups is 1. The number of amides is 1. The Balaban J connectivity index is 1.63. The summed E-state index contributed by atoms with van der Waals surface area (Å²) in [6.45, 7) is 1.94. The van der Waals surface area contributed by atoms with E-state index in [2.05, 4.69) is 10.0 Å². The van der Waals surface area contributed by atoms with Gasteiger partial charge in [0.05, 0.1) is 9.82 Å². The van der Waals surface area contributed by atoms with E-state index < -0.39 is 14.9 Å². The van der Waals surface area contributed by atoms with Gasteiger partial charge in [-0.15, -0.1) is 0 Å². The fraction of sp³-hybridized carbons (Fsp3) is 0.136. The lowest BCUT2D eigenvalue weighted by atomic mass is 10.1. The van der Waals surface area contributed by atoms with E-state index in [0.717, 1.165) is 11.6 Å². The number of aryl methyl sites for hydroxylation is 1. The maximum atomic E-state index is 12.6. The van der Waals surface area contributed by atoms with Gasteiger partial charge in [-0.3, -0.25) is 19.6 Å². The van der Waals surface area contributed by atoms with Gasteiger partial charge in [-0.25, -0.2) is 8.42 Å². The van der Waals surface area contributed by atoms with Crippen molar-refractivity contribution in [2.45, 2.75) is 18.2 Å². The third-order valence-electron chi connectivity index (χ3n) is 4.68. The summed E-state index contributed by atoms with van der Waals surface area (Å²) >= 11 is 5.94. The second-order valence-corrected chi connectivity index (χ2v) is 9.14. The van der Waals surface area contributed by atoms with E-state index in [1.54, 1.807) is 6.07 Å². The standard InChI is InChI=1S/C22H20ClN3O5S/c1-15-5-10-20(14-21(15)26(28)29)32(30,31)25-19-8-6-17(7-9-19)22(27)24-12-11-16-3-2-4-18(23)13-16/h2-10,13-14,25H,11-12H2,1H3,(H,24,27). The molecule has 0 aromatic heterocycles. The summed E-state index contributed by atoms with van der Waals surface area (Å²) in [5.41, 5.74) is 1.67. The van der Waals surface area contributed by atoms with Crippen molar-refractivity contribution in [3.05, 3.63) is 98.6 Å². The summed E-state index contributed by atoms with van der Waals surface area (Å²) in [4.78, 5) is 22.5. The Kier molecular flexibility index (Phi) is 7.12. The van der Waals surface area contributed by atoms with Gasteiger partial charge in [0.25, 0.3) is 21.6 Å². The number of halogens is 1. The molecule has 0 unspecified atom stereocenters. The van der Waals surface area contributed by atoms with Crippen LogP contribution in [0, 0.1) is 17.0 Å². The molecule has 1 amide bonds. The van der Waals surface area contributed by atoms with Crippen LogP contribution in [0.5, 0.6) is 0 Å². The first kappa shape index (κ1) is 23.2. The molecular formula is C22H20ClN3O5S. The number of hydrogen-bond donors (Lipinski definition) is 2. The molecule has 32 heavy (non-hydrogen) atoms. The number of nitrogens with zero attached hydrogens (tertiary/aromatic N) is 1. The number of carbonyl (C=O) groups excluding carboxylic acids is 1. The molecule has 0 atom stereocenters. The lowest BCUT2D eigenvalue weighted by Gasteiger charge is -2.10. The zero-order chi connectivity index (χ0) is 23.3. The highest BCUT2D eigenvalue weighted by Crippen LogP contribution is 2.24. The third kappa shape index (κ3) is 5.83. The highest BCUT2D eigenvalue weighted by molar-refractivity contribution is 7.92. The Morgan fingerprint density at radius 3 is 2.44 bits per heavy atom. The molecule has 0 aliphatic carbocycles. The minimum absolute atomic E-state index is 0.224. The van der Waals surface area contributed by atoms with Crippen molar-refractivity contribution in [3.63, 3.8) is 0 Å². The summed E-state index contributed by atoms with van der Waals surface area (Å²) in [6, 6.07) is 16.9. The number of benzene rings is 3. The van der Waals surface area contributed by atoms with Gasteiger partial charge in [0.1, 0.15) is 0 Å². The summed E-state index contributed by atoms with van der Waals surface area (Å²) in [6.07, 6.45) is 0.618. The molecule has 3 aromatic rings. The molecule has 10 heteroatoms. The van der Waals surface area contributed by atoms with Gasteiger partial charge in [0.15, 0.2) is 0 Å². The first-order valence-corrected chi connectivity index (χ1v) is 11.4. The van der Waals surface area contributed by atoms with Crippen LogP contribution >= 0.6 is 11.6 Å². The predicted molar refractivity (Wildman–Crippen MR) is 123 cm³/mol. The zero-order valence-electron chi connectivity index (χ0n) is 17.0. The van der Waals surface area contributed by atoms with Gasteiger partial charge in [0, 0.05) is 34.4 Å². The number of nitrogens with one attached hydrogen (secondary N) is 2. The Hall–Kier alpha value is -3.43. The summed E-state index contributed by atoms with van der Waals surface area (Å²) in [5.74, 6) is -0.296. The predicted octanol–water partition coefficient (Wildman–Crippen LogP) is 4.33. The molecule has 3 rings (SSSR count). The van der Waals surface area contributed by atoms with E-state index in [4.69, 9.17) is 11.6 Å². The molecule has 3 aromatic carbocycles. The molecule has 2 N–H and O–H groups in total. The van der Waals surface area contributed by atoms with E-state index >= 15 is 0 Å². The first-order chi connectivity index (χ1) is 15.2. The van der Waals surface area contributed by atoms with E-state index in [0.29, 0.717) is 29.1 Å². The third-order valence-corrected chi connectivity index (χ3v) is 6.29. The molecule has 0 saturated heterocycles. The Morgan fingerprint density at radius 2 is 1.78 bits per heavy atom.